The molecule has 5 nitrogen and oxygen atoms in total. The molecule has 6 heteroatoms. The first-order chi connectivity index (χ1) is 10.3. The Hall–Kier alpha value is -2.26. The number of carbonyl (C=O) groups excluding carboxylic acids is 1. The van der Waals surface area contributed by atoms with Gasteiger partial charge in [0.2, 0.25) is 0 Å². The van der Waals surface area contributed by atoms with Gasteiger partial charge in [-0.3, -0.25) is 0 Å². The molecule has 0 aliphatic heterocycles. The lowest BCUT2D eigenvalue weighted by Crippen LogP contribution is -2.43. The molecule has 1 aromatic rings. The topological polar surface area (TPSA) is 61.8 Å². The van der Waals surface area contributed by atoms with Gasteiger partial charge in [-0.25, -0.2) is 9.18 Å². The second-order valence-corrected chi connectivity index (χ2v) is 5.16. The number of carbonyl (C=O) groups is 1. The summed E-state index contributed by atoms with van der Waals surface area (Å²) in [5.41, 5.74) is 0.191. The van der Waals surface area contributed by atoms with E-state index < -0.39 is 18.0 Å². The second kappa shape index (κ2) is 8.25. The molecule has 0 aromatic heterocycles. The van der Waals surface area contributed by atoms with E-state index in [1.807, 2.05) is 13.8 Å². The number of nitrogens with one attached hydrogen (secondary N) is 1. The maximum Gasteiger partial charge on any atom is 0.322 e. The van der Waals surface area contributed by atoms with Crippen molar-refractivity contribution < 1.29 is 19.0 Å². The van der Waals surface area contributed by atoms with Crippen molar-refractivity contribution in [1.29, 1.82) is 0 Å². The number of hydrogen-bond acceptors (Lipinski definition) is 3. The Kier molecular flexibility index (Phi) is 6.67. The van der Waals surface area contributed by atoms with E-state index >= 15 is 0 Å². The molecule has 1 rings (SSSR count). The standard InChI is InChI=1S/C16H21FN2O3/c1-5-8-22-15-7-6-13(17)9-14(15)18-16(21)19(11(2)3)10-12(4)20/h1,6-7,9,11-12,20H,8,10H2,2-4H3,(H,18,21). The van der Waals surface area contributed by atoms with E-state index in [-0.39, 0.29) is 30.6 Å². The van der Waals surface area contributed by atoms with Gasteiger partial charge in [0, 0.05) is 18.7 Å². The van der Waals surface area contributed by atoms with Gasteiger partial charge in [-0.15, -0.1) is 6.42 Å². The molecule has 0 aliphatic rings. The molecule has 1 aromatic carbocycles. The number of aliphatic hydroxyl groups is 1. The van der Waals surface area contributed by atoms with Gasteiger partial charge < -0.3 is 20.1 Å². The summed E-state index contributed by atoms with van der Waals surface area (Å²) in [6, 6.07) is 3.20. The fraction of sp³-hybridized carbons (Fsp3) is 0.438. The van der Waals surface area contributed by atoms with Crippen LogP contribution in [0.5, 0.6) is 5.75 Å². The van der Waals surface area contributed by atoms with E-state index in [0.717, 1.165) is 6.07 Å². The number of benzene rings is 1. The number of amides is 2. The third-order valence-electron chi connectivity index (χ3n) is 2.84. The maximum absolute atomic E-state index is 13.4. The molecule has 0 saturated heterocycles. The Balaban J connectivity index is 2.94. The van der Waals surface area contributed by atoms with E-state index in [4.69, 9.17) is 11.2 Å². The van der Waals surface area contributed by atoms with Gasteiger partial charge >= 0.3 is 6.03 Å². The quantitative estimate of drug-likeness (QED) is 0.794. The molecule has 1 unspecified atom stereocenters. The zero-order valence-corrected chi connectivity index (χ0v) is 13.0. The number of urea groups is 1. The number of hydrogen-bond donors (Lipinski definition) is 2. The summed E-state index contributed by atoms with van der Waals surface area (Å²) in [6.45, 7) is 5.41. The third-order valence-corrected chi connectivity index (χ3v) is 2.84. The molecular weight excluding hydrogens is 287 g/mol. The Bertz CT molecular complexity index is 553. The predicted molar refractivity (Wildman–Crippen MR) is 83.3 cm³/mol. The monoisotopic (exact) mass is 308 g/mol. The lowest BCUT2D eigenvalue weighted by Gasteiger charge is -2.28. The number of aliphatic hydroxyl groups excluding tert-OH is 1. The van der Waals surface area contributed by atoms with Crippen molar-refractivity contribution in [3.05, 3.63) is 24.0 Å². The smallest absolute Gasteiger partial charge is 0.322 e. The van der Waals surface area contributed by atoms with Crippen LogP contribution >= 0.6 is 0 Å². The van der Waals surface area contributed by atoms with Crippen molar-refractivity contribution in [2.45, 2.75) is 32.9 Å². The molecule has 0 fully saturated rings. The zero-order valence-electron chi connectivity index (χ0n) is 13.0. The molecule has 0 spiro atoms. The van der Waals surface area contributed by atoms with Crippen LogP contribution in [-0.4, -0.2) is 41.3 Å². The van der Waals surface area contributed by atoms with Gasteiger partial charge in [-0.05, 0) is 32.9 Å². The molecule has 120 valence electrons. The minimum atomic E-state index is -0.669. The van der Waals surface area contributed by atoms with Crippen molar-refractivity contribution in [3.63, 3.8) is 0 Å². The van der Waals surface area contributed by atoms with Crippen molar-refractivity contribution in [3.8, 4) is 18.1 Å². The van der Waals surface area contributed by atoms with Crippen LogP contribution in [0.3, 0.4) is 0 Å². The average Bonchev–Trinajstić information content (AvgIpc) is 2.43. The SMILES string of the molecule is C#CCOc1ccc(F)cc1NC(=O)N(CC(C)O)C(C)C. The Labute approximate surface area is 130 Å². The highest BCUT2D eigenvalue weighted by Gasteiger charge is 2.20. The molecule has 0 aliphatic carbocycles. The predicted octanol–water partition coefficient (Wildman–Crippen LogP) is 2.46. The van der Waals surface area contributed by atoms with Crippen molar-refractivity contribution >= 4 is 11.7 Å². The highest BCUT2D eigenvalue weighted by Crippen LogP contribution is 2.26. The van der Waals surface area contributed by atoms with Gasteiger partial charge in [0.15, 0.2) is 0 Å². The number of rotatable bonds is 6. The summed E-state index contributed by atoms with van der Waals surface area (Å²) in [5, 5.41) is 12.1. The first kappa shape index (κ1) is 17.8. The van der Waals surface area contributed by atoms with Crippen molar-refractivity contribution in [2.24, 2.45) is 0 Å². The van der Waals surface area contributed by atoms with Crippen LogP contribution in [0.15, 0.2) is 18.2 Å². The van der Waals surface area contributed by atoms with Crippen molar-refractivity contribution in [2.75, 3.05) is 18.5 Å². The lowest BCUT2D eigenvalue weighted by molar-refractivity contribution is 0.125. The second-order valence-electron chi connectivity index (χ2n) is 5.16. The van der Waals surface area contributed by atoms with E-state index in [9.17, 15) is 14.3 Å². The minimum absolute atomic E-state index is 0.00999. The van der Waals surface area contributed by atoms with Gasteiger partial charge in [-0.2, -0.15) is 0 Å². The molecular formula is C16H21FN2O3. The fourth-order valence-corrected chi connectivity index (χ4v) is 1.85. The maximum atomic E-state index is 13.4. The summed E-state index contributed by atoms with van der Waals surface area (Å²) in [6.07, 6.45) is 4.46. The number of terminal acetylenes is 1. The van der Waals surface area contributed by atoms with Crippen LogP contribution < -0.4 is 10.1 Å². The highest BCUT2D eigenvalue weighted by atomic mass is 19.1. The Morgan fingerprint density at radius 1 is 1.50 bits per heavy atom. The van der Waals surface area contributed by atoms with Crippen molar-refractivity contribution in [1.82, 2.24) is 4.90 Å². The average molecular weight is 308 g/mol. The molecule has 22 heavy (non-hydrogen) atoms. The molecule has 2 amide bonds. The number of nitrogens with zero attached hydrogens (tertiary/aromatic N) is 1. The third kappa shape index (κ3) is 5.26. The fourth-order valence-electron chi connectivity index (χ4n) is 1.85. The largest absolute Gasteiger partial charge is 0.479 e. The van der Waals surface area contributed by atoms with Crippen LogP contribution in [0.1, 0.15) is 20.8 Å². The van der Waals surface area contributed by atoms with E-state index in [1.165, 1.54) is 17.0 Å². The molecule has 0 bridgehead atoms. The summed E-state index contributed by atoms with van der Waals surface area (Å²) in [5.74, 6) is 2.09. The number of ether oxygens (including phenoxy) is 1. The van der Waals surface area contributed by atoms with E-state index in [2.05, 4.69) is 11.2 Å². The van der Waals surface area contributed by atoms with Gasteiger partial charge in [0.1, 0.15) is 18.2 Å². The first-order valence-electron chi connectivity index (χ1n) is 6.96. The van der Waals surface area contributed by atoms with Gasteiger partial charge in [0.25, 0.3) is 0 Å². The molecule has 0 heterocycles. The van der Waals surface area contributed by atoms with Crippen LogP contribution in [0.25, 0.3) is 0 Å². The van der Waals surface area contributed by atoms with Crippen LogP contribution in [0.2, 0.25) is 0 Å². The van der Waals surface area contributed by atoms with E-state index in [0.29, 0.717) is 0 Å². The molecule has 2 N–H and O–H groups in total. The highest BCUT2D eigenvalue weighted by molar-refractivity contribution is 5.91. The van der Waals surface area contributed by atoms with Crippen LogP contribution in [0.4, 0.5) is 14.9 Å². The molecule has 0 saturated carbocycles. The summed E-state index contributed by atoms with van der Waals surface area (Å²) in [7, 11) is 0. The molecule has 1 atom stereocenters. The number of halogens is 1. The van der Waals surface area contributed by atoms with E-state index in [1.54, 1.807) is 6.92 Å². The van der Waals surface area contributed by atoms with Crippen LogP contribution in [0, 0.1) is 18.2 Å². The van der Waals surface area contributed by atoms with Crippen LogP contribution in [-0.2, 0) is 0 Å². The summed E-state index contributed by atoms with van der Waals surface area (Å²) < 4.78 is 18.7. The Morgan fingerprint density at radius 3 is 2.73 bits per heavy atom. The zero-order chi connectivity index (χ0) is 16.7. The normalized spacial score (nSPS) is 11.7. The minimum Gasteiger partial charge on any atom is -0.479 e. The first-order valence-corrected chi connectivity index (χ1v) is 6.96. The molecule has 0 radical (unpaired) electrons. The Morgan fingerprint density at radius 2 is 2.18 bits per heavy atom. The lowest BCUT2D eigenvalue weighted by atomic mass is 10.2. The summed E-state index contributed by atoms with van der Waals surface area (Å²) in [4.78, 5) is 13.8. The van der Waals surface area contributed by atoms with Gasteiger partial charge in [0.05, 0.1) is 11.8 Å². The van der Waals surface area contributed by atoms with Gasteiger partial charge in [-0.1, -0.05) is 5.92 Å². The number of anilines is 1. The summed E-state index contributed by atoms with van der Waals surface area (Å²) >= 11 is 0.